The van der Waals surface area contributed by atoms with E-state index >= 15 is 0 Å². The van der Waals surface area contributed by atoms with E-state index in [1.807, 2.05) is 26.1 Å². The molecule has 0 aromatic carbocycles. The Labute approximate surface area is 86.9 Å². The number of aryl methyl sites for hydroxylation is 2. The maximum absolute atomic E-state index is 10.9. The van der Waals surface area contributed by atoms with E-state index in [2.05, 4.69) is 10.1 Å². The minimum Gasteiger partial charge on any atom is -0.369 e. The van der Waals surface area contributed by atoms with Gasteiger partial charge in [0.2, 0.25) is 5.91 Å². The molecule has 0 aliphatic carbocycles. The van der Waals surface area contributed by atoms with E-state index in [0.29, 0.717) is 5.65 Å². The molecule has 0 fully saturated rings. The normalized spacial score (nSPS) is 10.8. The van der Waals surface area contributed by atoms with E-state index in [1.165, 1.54) is 0 Å². The predicted octanol–water partition coefficient (Wildman–Crippen LogP) is 0.374. The highest BCUT2D eigenvalue weighted by Crippen LogP contribution is 2.11. The molecule has 0 unspecified atom stereocenters. The summed E-state index contributed by atoms with van der Waals surface area (Å²) in [6, 6.07) is 1.84. The fourth-order valence-electron chi connectivity index (χ4n) is 1.61. The number of aromatic nitrogens is 3. The second-order valence-electron chi connectivity index (χ2n) is 3.60. The quantitative estimate of drug-likeness (QED) is 0.768. The highest BCUT2D eigenvalue weighted by molar-refractivity contribution is 5.78. The van der Waals surface area contributed by atoms with Gasteiger partial charge in [-0.05, 0) is 19.9 Å². The van der Waals surface area contributed by atoms with Crippen molar-refractivity contribution in [3.8, 4) is 0 Å². The molecular weight excluding hydrogens is 192 g/mol. The van der Waals surface area contributed by atoms with Crippen molar-refractivity contribution >= 4 is 11.6 Å². The van der Waals surface area contributed by atoms with Crippen LogP contribution in [0, 0.1) is 13.8 Å². The second-order valence-corrected chi connectivity index (χ2v) is 3.60. The summed E-state index contributed by atoms with van der Waals surface area (Å²) in [6.07, 6.45) is 2.02. The molecule has 0 saturated heterocycles. The number of nitrogens with zero attached hydrogens (tertiary/aromatic N) is 3. The van der Waals surface area contributed by atoms with Crippen LogP contribution in [0.25, 0.3) is 5.65 Å². The summed E-state index contributed by atoms with van der Waals surface area (Å²) >= 11 is 0. The van der Waals surface area contributed by atoms with Gasteiger partial charge in [0.15, 0.2) is 5.65 Å². The highest BCUT2D eigenvalue weighted by atomic mass is 16.1. The van der Waals surface area contributed by atoms with E-state index in [9.17, 15) is 4.79 Å². The molecule has 2 rings (SSSR count). The predicted molar refractivity (Wildman–Crippen MR) is 55.4 cm³/mol. The van der Waals surface area contributed by atoms with Crippen LogP contribution in [-0.2, 0) is 11.2 Å². The van der Waals surface area contributed by atoms with Crippen molar-refractivity contribution in [1.82, 2.24) is 14.6 Å². The van der Waals surface area contributed by atoms with Crippen LogP contribution in [-0.4, -0.2) is 20.5 Å². The van der Waals surface area contributed by atoms with E-state index in [0.717, 1.165) is 17.0 Å². The van der Waals surface area contributed by atoms with Crippen LogP contribution in [0.2, 0.25) is 0 Å². The Morgan fingerprint density at radius 3 is 2.87 bits per heavy atom. The van der Waals surface area contributed by atoms with Crippen LogP contribution in [0.3, 0.4) is 0 Å². The fourth-order valence-corrected chi connectivity index (χ4v) is 1.61. The number of fused-ring (bicyclic) bond motifs is 1. The molecule has 1 amide bonds. The average Bonchev–Trinajstić information content (AvgIpc) is 2.44. The van der Waals surface area contributed by atoms with Gasteiger partial charge in [-0.15, -0.1) is 0 Å². The summed E-state index contributed by atoms with van der Waals surface area (Å²) in [7, 11) is 0. The maximum Gasteiger partial charge on any atom is 0.221 e. The minimum atomic E-state index is -0.358. The van der Waals surface area contributed by atoms with Gasteiger partial charge in [-0.2, -0.15) is 5.10 Å². The molecule has 0 aliphatic heterocycles. The van der Waals surface area contributed by atoms with Crippen molar-refractivity contribution in [2.75, 3.05) is 0 Å². The summed E-state index contributed by atoms with van der Waals surface area (Å²) in [5.41, 5.74) is 8.42. The molecule has 0 atom stereocenters. The van der Waals surface area contributed by atoms with Crippen molar-refractivity contribution in [2.24, 2.45) is 5.73 Å². The number of carbonyl (C=O) groups is 1. The smallest absolute Gasteiger partial charge is 0.221 e. The standard InChI is InChI=1S/C10H12N4O/c1-6-3-8(4-9(11)15)10-12-7(2)5-14(10)13-6/h3,5H,4H2,1-2H3,(H2,11,15). The minimum absolute atomic E-state index is 0.198. The van der Waals surface area contributed by atoms with Gasteiger partial charge in [0.1, 0.15) is 0 Å². The maximum atomic E-state index is 10.9. The molecule has 2 aromatic heterocycles. The fraction of sp³-hybridized carbons (Fsp3) is 0.300. The van der Waals surface area contributed by atoms with E-state index in [4.69, 9.17) is 5.73 Å². The number of hydrogen-bond acceptors (Lipinski definition) is 3. The van der Waals surface area contributed by atoms with E-state index in [-0.39, 0.29) is 12.3 Å². The number of amides is 1. The number of carbonyl (C=O) groups excluding carboxylic acids is 1. The number of hydrogen-bond donors (Lipinski definition) is 1. The lowest BCUT2D eigenvalue weighted by molar-refractivity contribution is -0.117. The van der Waals surface area contributed by atoms with Crippen LogP contribution < -0.4 is 5.73 Å². The van der Waals surface area contributed by atoms with Crippen molar-refractivity contribution in [3.05, 3.63) is 29.2 Å². The first-order valence-electron chi connectivity index (χ1n) is 4.67. The third-order valence-electron chi connectivity index (χ3n) is 2.11. The topological polar surface area (TPSA) is 73.3 Å². The first-order chi connectivity index (χ1) is 7.06. The molecule has 0 spiro atoms. The second kappa shape index (κ2) is 3.34. The Kier molecular flexibility index (Phi) is 2.15. The summed E-state index contributed by atoms with van der Waals surface area (Å²) < 4.78 is 1.68. The summed E-state index contributed by atoms with van der Waals surface area (Å²) in [6.45, 7) is 3.76. The molecule has 2 aromatic rings. The van der Waals surface area contributed by atoms with Gasteiger partial charge in [0, 0.05) is 5.56 Å². The molecule has 5 heteroatoms. The molecule has 2 N–H and O–H groups in total. The van der Waals surface area contributed by atoms with Gasteiger partial charge in [0.25, 0.3) is 0 Å². The van der Waals surface area contributed by atoms with Gasteiger partial charge in [0.05, 0.1) is 24.0 Å². The molecule has 78 valence electrons. The third-order valence-corrected chi connectivity index (χ3v) is 2.11. The summed E-state index contributed by atoms with van der Waals surface area (Å²) in [4.78, 5) is 15.2. The molecular formula is C10H12N4O. The largest absolute Gasteiger partial charge is 0.369 e. The van der Waals surface area contributed by atoms with E-state index < -0.39 is 0 Å². The first-order valence-corrected chi connectivity index (χ1v) is 4.67. The van der Waals surface area contributed by atoms with Gasteiger partial charge in [-0.3, -0.25) is 4.79 Å². The molecule has 2 heterocycles. The zero-order valence-electron chi connectivity index (χ0n) is 8.69. The molecule has 0 aliphatic rings. The van der Waals surface area contributed by atoms with Crippen LogP contribution >= 0.6 is 0 Å². The first kappa shape index (κ1) is 9.64. The van der Waals surface area contributed by atoms with Gasteiger partial charge >= 0.3 is 0 Å². The molecule has 5 nitrogen and oxygen atoms in total. The number of rotatable bonds is 2. The SMILES string of the molecule is Cc1cn2nc(C)cc(CC(N)=O)c2n1. The highest BCUT2D eigenvalue weighted by Gasteiger charge is 2.08. The lowest BCUT2D eigenvalue weighted by Crippen LogP contribution is -2.15. The summed E-state index contributed by atoms with van der Waals surface area (Å²) in [5.74, 6) is -0.358. The molecule has 0 radical (unpaired) electrons. The molecule has 0 saturated carbocycles. The summed E-state index contributed by atoms with van der Waals surface area (Å²) in [5, 5.41) is 4.27. The van der Waals surface area contributed by atoms with Crippen molar-refractivity contribution in [3.63, 3.8) is 0 Å². The van der Waals surface area contributed by atoms with Gasteiger partial charge < -0.3 is 5.73 Å². The number of nitrogens with two attached hydrogens (primary N) is 1. The van der Waals surface area contributed by atoms with Crippen molar-refractivity contribution < 1.29 is 4.79 Å². The molecule has 15 heavy (non-hydrogen) atoms. The van der Waals surface area contributed by atoms with Crippen LogP contribution in [0.4, 0.5) is 0 Å². The van der Waals surface area contributed by atoms with Crippen molar-refractivity contribution in [1.29, 1.82) is 0 Å². The van der Waals surface area contributed by atoms with Gasteiger partial charge in [-0.25, -0.2) is 9.50 Å². The van der Waals surface area contributed by atoms with Crippen LogP contribution in [0.5, 0.6) is 0 Å². The zero-order valence-corrected chi connectivity index (χ0v) is 8.69. The van der Waals surface area contributed by atoms with Crippen LogP contribution in [0.15, 0.2) is 12.3 Å². The van der Waals surface area contributed by atoms with E-state index in [1.54, 1.807) is 4.52 Å². The zero-order chi connectivity index (χ0) is 11.0. The Morgan fingerprint density at radius 1 is 1.47 bits per heavy atom. The average molecular weight is 204 g/mol. The Bertz CT molecular complexity index is 529. The Morgan fingerprint density at radius 2 is 2.20 bits per heavy atom. The Hall–Kier alpha value is -1.91. The monoisotopic (exact) mass is 204 g/mol. The van der Waals surface area contributed by atoms with Gasteiger partial charge in [-0.1, -0.05) is 0 Å². The number of primary amides is 1. The van der Waals surface area contributed by atoms with Crippen molar-refractivity contribution in [2.45, 2.75) is 20.3 Å². The lowest BCUT2D eigenvalue weighted by atomic mass is 10.2. The van der Waals surface area contributed by atoms with Crippen LogP contribution in [0.1, 0.15) is 17.0 Å². The molecule has 0 bridgehead atoms. The number of imidazole rings is 1. The Balaban J connectivity index is 2.64. The third kappa shape index (κ3) is 1.81. The lowest BCUT2D eigenvalue weighted by Gasteiger charge is -2.02.